The maximum atomic E-state index is 11.2. The summed E-state index contributed by atoms with van der Waals surface area (Å²) in [5, 5.41) is 9.24. The number of carbonyl (C=O) groups is 1. The Hall–Kier alpha value is -3.21. The number of fused-ring (bicyclic) bond motifs is 1. The van der Waals surface area contributed by atoms with Crippen LogP contribution < -0.4 is 4.90 Å². The maximum absolute atomic E-state index is 11.2. The Morgan fingerprint density at radius 1 is 0.912 bits per heavy atom. The molecule has 34 heavy (non-hydrogen) atoms. The summed E-state index contributed by atoms with van der Waals surface area (Å²) in [6.07, 6.45) is 5.41. The van der Waals surface area contributed by atoms with Gasteiger partial charge in [-0.3, -0.25) is 4.79 Å². The van der Waals surface area contributed by atoms with Gasteiger partial charge in [0.15, 0.2) is 5.82 Å². The number of unbranched alkanes of at least 4 members (excludes halogenated alkanes) is 2. The van der Waals surface area contributed by atoms with Crippen molar-refractivity contribution in [3.05, 3.63) is 65.4 Å². The van der Waals surface area contributed by atoms with Crippen molar-refractivity contribution < 1.29 is 9.90 Å². The van der Waals surface area contributed by atoms with Gasteiger partial charge in [0, 0.05) is 30.6 Å². The van der Waals surface area contributed by atoms with E-state index in [4.69, 9.17) is 9.97 Å². The van der Waals surface area contributed by atoms with Crippen LogP contribution in [0.4, 0.5) is 5.82 Å². The molecule has 3 aromatic rings. The van der Waals surface area contributed by atoms with E-state index in [0.717, 1.165) is 79.2 Å². The van der Waals surface area contributed by atoms with Crippen LogP contribution in [0.25, 0.3) is 22.5 Å². The van der Waals surface area contributed by atoms with E-state index >= 15 is 0 Å². The van der Waals surface area contributed by atoms with Gasteiger partial charge in [0.25, 0.3) is 0 Å². The molecule has 0 spiro atoms. The van der Waals surface area contributed by atoms with Gasteiger partial charge in [0.05, 0.1) is 23.0 Å². The molecule has 4 rings (SSSR count). The zero-order valence-electron chi connectivity index (χ0n) is 20.6. The van der Waals surface area contributed by atoms with E-state index in [9.17, 15) is 9.90 Å². The Balaban J connectivity index is 1.54. The van der Waals surface area contributed by atoms with Gasteiger partial charge in [0.1, 0.15) is 0 Å². The Bertz CT molecular complexity index is 1120. The van der Waals surface area contributed by atoms with Crippen molar-refractivity contribution in [2.45, 2.75) is 59.3 Å². The molecule has 1 atom stereocenters. The molecular weight excluding hydrogens is 422 g/mol. The summed E-state index contributed by atoms with van der Waals surface area (Å²) in [6, 6.07) is 17.0. The molecule has 0 radical (unpaired) electrons. The number of aliphatic carboxylic acids is 1. The first-order chi connectivity index (χ1) is 16.5. The summed E-state index contributed by atoms with van der Waals surface area (Å²) in [4.78, 5) is 23.9. The summed E-state index contributed by atoms with van der Waals surface area (Å²) in [5.74, 6) is 0.123. The van der Waals surface area contributed by atoms with Gasteiger partial charge in [-0.2, -0.15) is 0 Å². The van der Waals surface area contributed by atoms with Crippen LogP contribution in [-0.2, 0) is 11.2 Å². The van der Waals surface area contributed by atoms with Crippen molar-refractivity contribution in [2.24, 2.45) is 5.92 Å². The number of benzene rings is 2. The molecule has 0 amide bonds. The Kier molecular flexibility index (Phi) is 7.61. The molecule has 5 nitrogen and oxygen atoms in total. The van der Waals surface area contributed by atoms with Crippen LogP contribution in [0.5, 0.6) is 0 Å². The monoisotopic (exact) mass is 457 g/mol. The molecule has 2 heterocycles. The summed E-state index contributed by atoms with van der Waals surface area (Å²) in [5.41, 5.74) is 7.59. The maximum Gasteiger partial charge on any atom is 0.306 e. The zero-order chi connectivity index (χ0) is 24.1. The number of carboxylic acids is 1. The number of hydrogen-bond acceptors (Lipinski definition) is 4. The third-order valence-electron chi connectivity index (χ3n) is 6.84. The lowest BCUT2D eigenvalue weighted by molar-refractivity contribution is -0.142. The number of rotatable bonds is 10. The third kappa shape index (κ3) is 5.46. The third-order valence-corrected chi connectivity index (χ3v) is 6.84. The van der Waals surface area contributed by atoms with E-state index in [0.29, 0.717) is 6.42 Å². The summed E-state index contributed by atoms with van der Waals surface area (Å²) >= 11 is 0. The Morgan fingerprint density at radius 2 is 1.50 bits per heavy atom. The van der Waals surface area contributed by atoms with Gasteiger partial charge in [-0.05, 0) is 33.1 Å². The summed E-state index contributed by atoms with van der Waals surface area (Å²) in [6.45, 7) is 8.02. The van der Waals surface area contributed by atoms with Gasteiger partial charge >= 0.3 is 5.97 Å². The Morgan fingerprint density at radius 3 is 2.06 bits per heavy atom. The molecule has 1 unspecified atom stereocenters. The summed E-state index contributed by atoms with van der Waals surface area (Å²) < 4.78 is 0. The van der Waals surface area contributed by atoms with Crippen molar-refractivity contribution in [3.8, 4) is 22.5 Å². The molecule has 1 N–H and O–H groups in total. The van der Waals surface area contributed by atoms with Gasteiger partial charge in [-0.15, -0.1) is 0 Å². The molecule has 0 saturated carbocycles. The van der Waals surface area contributed by atoms with Crippen LogP contribution in [0.3, 0.4) is 0 Å². The van der Waals surface area contributed by atoms with Gasteiger partial charge in [0.2, 0.25) is 0 Å². The minimum atomic E-state index is -0.667. The van der Waals surface area contributed by atoms with E-state index in [-0.39, 0.29) is 5.92 Å². The fourth-order valence-corrected chi connectivity index (χ4v) is 4.64. The second-order valence-electron chi connectivity index (χ2n) is 9.45. The second kappa shape index (κ2) is 10.8. The first kappa shape index (κ1) is 23.9. The van der Waals surface area contributed by atoms with Crippen molar-refractivity contribution >= 4 is 11.8 Å². The highest BCUT2D eigenvalue weighted by molar-refractivity contribution is 5.80. The van der Waals surface area contributed by atoms with Crippen LogP contribution in [-0.4, -0.2) is 34.1 Å². The molecule has 2 aromatic carbocycles. The van der Waals surface area contributed by atoms with Crippen LogP contribution in [0, 0.1) is 19.8 Å². The van der Waals surface area contributed by atoms with E-state index in [2.05, 4.69) is 67.3 Å². The zero-order valence-corrected chi connectivity index (χ0v) is 20.6. The number of nitrogens with zero attached hydrogens (tertiary/aromatic N) is 3. The SMILES string of the molecule is CCC(CCCCCN1CCc2nc(-c3ccc(C)cc3)c(-c3ccc(C)cc3)nc21)C(=O)O. The van der Waals surface area contributed by atoms with Crippen molar-refractivity contribution in [1.82, 2.24) is 9.97 Å². The number of hydrogen-bond donors (Lipinski definition) is 1. The smallest absolute Gasteiger partial charge is 0.306 e. The second-order valence-corrected chi connectivity index (χ2v) is 9.45. The predicted molar refractivity (Wildman–Crippen MR) is 138 cm³/mol. The average molecular weight is 458 g/mol. The number of carboxylic acid groups (broad SMARTS) is 1. The number of aryl methyl sites for hydroxylation is 2. The molecule has 178 valence electrons. The lowest BCUT2D eigenvalue weighted by Gasteiger charge is -2.20. The largest absolute Gasteiger partial charge is 0.481 e. The van der Waals surface area contributed by atoms with E-state index < -0.39 is 5.97 Å². The van der Waals surface area contributed by atoms with Crippen molar-refractivity contribution in [1.29, 1.82) is 0 Å². The lowest BCUT2D eigenvalue weighted by atomic mass is 9.99. The number of aromatic nitrogens is 2. The molecule has 1 aliphatic heterocycles. The fourth-order valence-electron chi connectivity index (χ4n) is 4.64. The fraction of sp³-hybridized carbons (Fsp3) is 0.414. The average Bonchev–Trinajstić information content (AvgIpc) is 3.23. The normalized spacial score (nSPS) is 13.7. The highest BCUT2D eigenvalue weighted by atomic mass is 16.4. The molecule has 0 saturated heterocycles. The van der Waals surface area contributed by atoms with Crippen molar-refractivity contribution in [2.75, 3.05) is 18.0 Å². The predicted octanol–water partition coefficient (Wildman–Crippen LogP) is 6.46. The quantitative estimate of drug-likeness (QED) is 0.354. The highest BCUT2D eigenvalue weighted by Crippen LogP contribution is 2.35. The van der Waals surface area contributed by atoms with E-state index in [1.807, 2.05) is 6.92 Å². The Labute approximate surface area is 202 Å². The van der Waals surface area contributed by atoms with Gasteiger partial charge in [-0.1, -0.05) is 79.4 Å². The molecule has 5 heteroatoms. The summed E-state index contributed by atoms with van der Waals surface area (Å²) in [7, 11) is 0. The minimum absolute atomic E-state index is 0.212. The molecule has 0 aliphatic carbocycles. The van der Waals surface area contributed by atoms with E-state index in [1.54, 1.807) is 0 Å². The minimum Gasteiger partial charge on any atom is -0.481 e. The number of anilines is 1. The molecule has 0 fully saturated rings. The molecule has 1 aliphatic rings. The van der Waals surface area contributed by atoms with Crippen LogP contribution >= 0.6 is 0 Å². The molecule has 1 aromatic heterocycles. The van der Waals surface area contributed by atoms with E-state index in [1.165, 1.54) is 11.1 Å². The highest BCUT2D eigenvalue weighted by Gasteiger charge is 2.25. The standard InChI is InChI=1S/C29H35N3O2/c1-4-22(29(33)34)8-6-5-7-18-32-19-17-25-28(32)31-27(24-15-11-21(3)12-16-24)26(30-25)23-13-9-20(2)10-14-23/h9-16,22H,4-8,17-19H2,1-3H3,(H,33,34). The van der Waals surface area contributed by atoms with Gasteiger partial charge in [-0.25, -0.2) is 9.97 Å². The van der Waals surface area contributed by atoms with Crippen LogP contribution in [0.1, 0.15) is 55.8 Å². The topological polar surface area (TPSA) is 66.3 Å². The lowest BCUT2D eigenvalue weighted by Crippen LogP contribution is -2.22. The molecule has 0 bridgehead atoms. The first-order valence-electron chi connectivity index (χ1n) is 12.5. The first-order valence-corrected chi connectivity index (χ1v) is 12.5. The van der Waals surface area contributed by atoms with Gasteiger partial charge < -0.3 is 10.0 Å². The van der Waals surface area contributed by atoms with Crippen LogP contribution in [0.15, 0.2) is 48.5 Å². The molecular formula is C29H35N3O2. The van der Waals surface area contributed by atoms with Crippen molar-refractivity contribution in [3.63, 3.8) is 0 Å². The van der Waals surface area contributed by atoms with Crippen LogP contribution in [0.2, 0.25) is 0 Å².